The second-order valence-corrected chi connectivity index (χ2v) is 2.71. The molecule has 0 aliphatic carbocycles. The summed E-state index contributed by atoms with van der Waals surface area (Å²) in [6.07, 6.45) is 0.715. The number of rotatable bonds is 1. The molecule has 0 fully saturated rings. The van der Waals surface area contributed by atoms with Crippen LogP contribution in [-0.4, -0.2) is 37.5 Å². The summed E-state index contributed by atoms with van der Waals surface area (Å²) in [6.45, 7) is 0.472. The number of hydrogen-bond donors (Lipinski definition) is 3. The Labute approximate surface area is 54.2 Å². The molecule has 5 nitrogen and oxygen atoms in total. The Hall–Kier alpha value is -0.170. The summed E-state index contributed by atoms with van der Waals surface area (Å²) in [7, 11) is -3.67. The largest absolute Gasteiger partial charge is 0.395 e. The van der Waals surface area contributed by atoms with Gasteiger partial charge in [-0.2, -0.15) is 8.42 Å². The Balaban J connectivity index is 0. The molecule has 0 aromatic carbocycles. The lowest BCUT2D eigenvalue weighted by Crippen LogP contribution is -2.02. The Morgan fingerprint density at radius 1 is 1.56 bits per heavy atom. The van der Waals surface area contributed by atoms with Gasteiger partial charge in [0.15, 0.2) is 0 Å². The van der Waals surface area contributed by atoms with Crippen LogP contribution in [0.3, 0.4) is 0 Å². The van der Waals surface area contributed by atoms with Crippen LogP contribution in [0.2, 0.25) is 0 Å². The van der Waals surface area contributed by atoms with Crippen LogP contribution in [0, 0.1) is 0 Å². The van der Waals surface area contributed by atoms with Crippen molar-refractivity contribution in [1.29, 1.82) is 0 Å². The van der Waals surface area contributed by atoms with Crippen LogP contribution in [0.4, 0.5) is 0 Å². The molecular formula is C3H11NO4S. The Bertz CT molecular complexity index is 119. The average molecular weight is 157 g/mol. The average Bonchev–Trinajstić information content (AvgIpc) is 1.61. The molecule has 0 saturated heterocycles. The molecule has 0 rings (SSSR count). The van der Waals surface area contributed by atoms with Gasteiger partial charge in [-0.3, -0.25) is 4.55 Å². The molecule has 0 aliphatic heterocycles. The second-order valence-electron chi connectivity index (χ2n) is 1.25. The molecule has 0 saturated carbocycles. The maximum Gasteiger partial charge on any atom is 0.261 e. The maximum absolute atomic E-state index is 9.19. The molecule has 0 aromatic heterocycles. The number of hydrogen-bond acceptors (Lipinski definition) is 4. The van der Waals surface area contributed by atoms with E-state index in [0.29, 0.717) is 12.8 Å². The van der Waals surface area contributed by atoms with Crippen molar-refractivity contribution in [3.8, 4) is 0 Å². The molecule has 0 atom stereocenters. The fourth-order valence-electron chi connectivity index (χ4n) is 0. The SMILES string of the molecule is CS(=O)(=O)O.NCCO. The monoisotopic (exact) mass is 157 g/mol. The smallest absolute Gasteiger partial charge is 0.261 e. The van der Waals surface area contributed by atoms with Gasteiger partial charge in [0.25, 0.3) is 10.1 Å². The van der Waals surface area contributed by atoms with Gasteiger partial charge in [0, 0.05) is 6.54 Å². The Morgan fingerprint density at radius 3 is 1.67 bits per heavy atom. The number of nitrogens with two attached hydrogens (primary N) is 1. The summed E-state index contributed by atoms with van der Waals surface area (Å²) >= 11 is 0. The lowest BCUT2D eigenvalue weighted by atomic mass is 10.8. The van der Waals surface area contributed by atoms with Crippen LogP contribution in [0.15, 0.2) is 0 Å². The zero-order chi connectivity index (χ0) is 7.91. The van der Waals surface area contributed by atoms with Gasteiger partial charge in [-0.25, -0.2) is 0 Å². The highest BCUT2D eigenvalue weighted by molar-refractivity contribution is 7.85. The fraction of sp³-hybridized carbons (Fsp3) is 1.00. The van der Waals surface area contributed by atoms with E-state index in [1.807, 2.05) is 0 Å². The zero-order valence-electron chi connectivity index (χ0n) is 5.11. The first-order chi connectivity index (χ1) is 3.91. The van der Waals surface area contributed by atoms with Gasteiger partial charge < -0.3 is 10.8 Å². The van der Waals surface area contributed by atoms with Crippen molar-refractivity contribution in [2.24, 2.45) is 5.73 Å². The van der Waals surface area contributed by atoms with E-state index in [-0.39, 0.29) is 6.61 Å². The Morgan fingerprint density at radius 2 is 1.67 bits per heavy atom. The minimum atomic E-state index is -3.67. The van der Waals surface area contributed by atoms with E-state index in [1.54, 1.807) is 0 Å². The third kappa shape index (κ3) is 386. The standard InChI is InChI=1S/C2H7NO.CH4O3S/c3-1-2-4;1-5(2,3)4/h4H,1-3H2;1H3,(H,2,3,4). The number of aliphatic hydroxyl groups excluding tert-OH is 1. The first-order valence-electron chi connectivity index (χ1n) is 2.15. The van der Waals surface area contributed by atoms with Crippen LogP contribution >= 0.6 is 0 Å². The number of aliphatic hydroxyl groups is 1. The van der Waals surface area contributed by atoms with Gasteiger partial charge in [0.05, 0.1) is 12.9 Å². The van der Waals surface area contributed by atoms with Gasteiger partial charge in [0.2, 0.25) is 0 Å². The molecule has 0 bridgehead atoms. The first kappa shape index (κ1) is 11.6. The Kier molecular flexibility index (Phi) is 7.68. The lowest BCUT2D eigenvalue weighted by Gasteiger charge is -1.71. The van der Waals surface area contributed by atoms with E-state index in [4.69, 9.17) is 15.4 Å². The molecule has 6 heteroatoms. The fourth-order valence-corrected chi connectivity index (χ4v) is 0. The molecule has 0 radical (unpaired) electrons. The molecule has 0 spiro atoms. The van der Waals surface area contributed by atoms with Crippen molar-refractivity contribution in [3.63, 3.8) is 0 Å². The molecule has 0 amide bonds. The van der Waals surface area contributed by atoms with Crippen molar-refractivity contribution in [3.05, 3.63) is 0 Å². The summed E-state index contributed by atoms with van der Waals surface area (Å²) in [6, 6.07) is 0. The highest BCUT2D eigenvalue weighted by Crippen LogP contribution is 1.60. The van der Waals surface area contributed by atoms with E-state index in [9.17, 15) is 8.42 Å². The van der Waals surface area contributed by atoms with Crippen LogP contribution in [0.25, 0.3) is 0 Å². The van der Waals surface area contributed by atoms with E-state index in [2.05, 4.69) is 0 Å². The molecular weight excluding hydrogens is 146 g/mol. The summed E-state index contributed by atoms with van der Waals surface area (Å²) in [4.78, 5) is 0. The van der Waals surface area contributed by atoms with Crippen molar-refractivity contribution < 1.29 is 18.1 Å². The normalized spacial score (nSPS) is 9.78. The van der Waals surface area contributed by atoms with Gasteiger partial charge in [-0.15, -0.1) is 0 Å². The summed E-state index contributed by atoms with van der Waals surface area (Å²) in [5, 5.41) is 7.75. The minimum Gasteiger partial charge on any atom is -0.395 e. The highest BCUT2D eigenvalue weighted by Gasteiger charge is 1.81. The van der Waals surface area contributed by atoms with E-state index >= 15 is 0 Å². The second kappa shape index (κ2) is 5.96. The maximum atomic E-state index is 9.19. The van der Waals surface area contributed by atoms with E-state index in [1.165, 1.54) is 0 Å². The van der Waals surface area contributed by atoms with Gasteiger partial charge in [0.1, 0.15) is 0 Å². The molecule has 0 heterocycles. The molecule has 58 valence electrons. The zero-order valence-corrected chi connectivity index (χ0v) is 5.93. The van der Waals surface area contributed by atoms with Gasteiger partial charge in [-0.05, 0) is 0 Å². The van der Waals surface area contributed by atoms with Crippen LogP contribution < -0.4 is 5.73 Å². The molecule has 9 heavy (non-hydrogen) atoms. The lowest BCUT2D eigenvalue weighted by molar-refractivity contribution is 0.306. The predicted octanol–water partition coefficient (Wildman–Crippen LogP) is -1.56. The van der Waals surface area contributed by atoms with Crippen molar-refractivity contribution >= 4 is 10.1 Å². The molecule has 0 aromatic rings. The van der Waals surface area contributed by atoms with Crippen molar-refractivity contribution in [2.75, 3.05) is 19.4 Å². The highest BCUT2D eigenvalue weighted by atomic mass is 32.2. The third-order valence-corrected chi connectivity index (χ3v) is 0.129. The van der Waals surface area contributed by atoms with Crippen LogP contribution in [0.5, 0.6) is 0 Å². The third-order valence-electron chi connectivity index (χ3n) is 0.129. The topological polar surface area (TPSA) is 101 Å². The predicted molar refractivity (Wildman–Crippen MR) is 33.6 cm³/mol. The van der Waals surface area contributed by atoms with Crippen LogP contribution in [0.1, 0.15) is 0 Å². The van der Waals surface area contributed by atoms with Crippen LogP contribution in [-0.2, 0) is 10.1 Å². The van der Waals surface area contributed by atoms with Gasteiger partial charge in [-0.1, -0.05) is 0 Å². The summed E-state index contributed by atoms with van der Waals surface area (Å²) in [5.41, 5.74) is 4.78. The summed E-state index contributed by atoms with van der Waals surface area (Å²) < 4.78 is 25.9. The van der Waals surface area contributed by atoms with Crippen molar-refractivity contribution in [1.82, 2.24) is 0 Å². The van der Waals surface area contributed by atoms with E-state index < -0.39 is 10.1 Å². The quantitative estimate of drug-likeness (QED) is 0.400. The van der Waals surface area contributed by atoms with Crippen molar-refractivity contribution in [2.45, 2.75) is 0 Å². The van der Waals surface area contributed by atoms with Gasteiger partial charge >= 0.3 is 0 Å². The molecule has 4 N–H and O–H groups in total. The summed E-state index contributed by atoms with van der Waals surface area (Å²) in [5.74, 6) is 0. The van der Waals surface area contributed by atoms with E-state index in [0.717, 1.165) is 0 Å². The first-order valence-corrected chi connectivity index (χ1v) is 4.00. The minimum absolute atomic E-state index is 0.0972. The molecule has 0 aliphatic rings. The molecule has 0 unspecified atom stereocenters.